The molecular weight excluding hydrogens is 428 g/mol. The Morgan fingerprint density at radius 2 is 2.03 bits per heavy atom. The highest BCUT2D eigenvalue weighted by molar-refractivity contribution is 7.20. The normalized spacial score (nSPS) is 13.7. The lowest BCUT2D eigenvalue weighted by Gasteiger charge is -2.08. The van der Waals surface area contributed by atoms with Gasteiger partial charge in [0.15, 0.2) is 0 Å². The van der Waals surface area contributed by atoms with Gasteiger partial charge in [-0.05, 0) is 44.4 Å². The molecule has 1 amide bonds. The lowest BCUT2D eigenvalue weighted by molar-refractivity contribution is 0.103. The molecule has 1 aromatic carbocycles. The molecule has 1 N–H and O–H groups in total. The molecule has 0 fully saturated rings. The molecule has 158 valence electrons. The molecule has 31 heavy (non-hydrogen) atoms. The molecule has 5 rings (SSSR count). The van der Waals surface area contributed by atoms with E-state index in [1.54, 1.807) is 15.9 Å². The number of nitrogens with one attached hydrogen (secondary N) is 1. The maximum atomic E-state index is 13.1. The second-order valence-corrected chi connectivity index (χ2v) is 9.88. The van der Waals surface area contributed by atoms with E-state index in [0.29, 0.717) is 32.9 Å². The molecule has 4 aromatic rings. The van der Waals surface area contributed by atoms with Crippen LogP contribution in [-0.4, -0.2) is 20.4 Å². The zero-order valence-corrected chi connectivity index (χ0v) is 19.0. The van der Waals surface area contributed by atoms with E-state index >= 15 is 0 Å². The van der Waals surface area contributed by atoms with Crippen LogP contribution in [-0.2, 0) is 13.0 Å². The number of rotatable bonds is 3. The van der Waals surface area contributed by atoms with Crippen LogP contribution >= 0.6 is 22.7 Å². The quantitative estimate of drug-likeness (QED) is 0.467. The van der Waals surface area contributed by atoms with Gasteiger partial charge in [-0.25, -0.2) is 9.97 Å². The molecule has 1 aliphatic rings. The lowest BCUT2D eigenvalue weighted by Crippen LogP contribution is -2.24. The van der Waals surface area contributed by atoms with Gasteiger partial charge in [0, 0.05) is 29.6 Å². The van der Waals surface area contributed by atoms with E-state index in [1.165, 1.54) is 11.3 Å². The second-order valence-electron chi connectivity index (χ2n) is 7.82. The first kappa shape index (κ1) is 20.1. The highest BCUT2D eigenvalue weighted by Gasteiger charge is 2.22. The summed E-state index contributed by atoms with van der Waals surface area (Å²) in [5, 5.41) is 6.57. The first-order valence-corrected chi connectivity index (χ1v) is 12.1. The summed E-state index contributed by atoms with van der Waals surface area (Å²) >= 11 is 2.90. The Morgan fingerprint density at radius 3 is 2.84 bits per heavy atom. The number of nitrogens with zero attached hydrogens (tertiary/aromatic N) is 3. The minimum absolute atomic E-state index is 0.0180. The second kappa shape index (κ2) is 8.01. The van der Waals surface area contributed by atoms with Gasteiger partial charge in [-0.1, -0.05) is 18.6 Å². The van der Waals surface area contributed by atoms with E-state index < -0.39 is 0 Å². The number of fused-ring (bicyclic) bond motifs is 2. The molecule has 3 aromatic heterocycles. The van der Waals surface area contributed by atoms with E-state index in [0.717, 1.165) is 47.8 Å². The number of benzene rings is 1. The Bertz CT molecular complexity index is 1370. The summed E-state index contributed by atoms with van der Waals surface area (Å²) in [6, 6.07) is 7.66. The van der Waals surface area contributed by atoms with Crippen molar-refractivity contribution in [2.24, 2.45) is 0 Å². The maximum absolute atomic E-state index is 13.1. The van der Waals surface area contributed by atoms with Gasteiger partial charge in [-0.3, -0.25) is 14.2 Å². The number of aromatic nitrogens is 3. The standard InChI is InChI=1S/C23H22N4O2S2/c1-13-19-22(26-18-9-4-3-5-10-27(18)23(19)29)31-20(13)21(28)25-16-8-6-7-15(11-16)17-12-30-14(2)24-17/h6-8,11-12H,3-5,9-10H2,1-2H3,(H,25,28). The number of carbonyl (C=O) groups is 1. The average molecular weight is 451 g/mol. The number of thiophene rings is 1. The van der Waals surface area contributed by atoms with Gasteiger partial charge in [-0.15, -0.1) is 22.7 Å². The van der Waals surface area contributed by atoms with E-state index in [9.17, 15) is 9.59 Å². The molecule has 0 bridgehead atoms. The number of amides is 1. The largest absolute Gasteiger partial charge is 0.321 e. The Labute approximate surface area is 187 Å². The number of hydrogen-bond acceptors (Lipinski definition) is 6. The van der Waals surface area contributed by atoms with Crippen LogP contribution in [0.4, 0.5) is 5.69 Å². The van der Waals surface area contributed by atoms with Crippen LogP contribution in [0.3, 0.4) is 0 Å². The number of aryl methyl sites for hydroxylation is 3. The summed E-state index contributed by atoms with van der Waals surface area (Å²) in [6.07, 6.45) is 3.96. The highest BCUT2D eigenvalue weighted by Crippen LogP contribution is 2.30. The fourth-order valence-corrected chi connectivity index (χ4v) is 5.77. The van der Waals surface area contributed by atoms with Crippen molar-refractivity contribution in [1.82, 2.24) is 14.5 Å². The van der Waals surface area contributed by atoms with Crippen LogP contribution in [0.5, 0.6) is 0 Å². The number of anilines is 1. The smallest absolute Gasteiger partial charge is 0.266 e. The lowest BCUT2D eigenvalue weighted by atomic mass is 10.1. The molecule has 4 heterocycles. The third-order valence-corrected chi connectivity index (χ3v) is 7.61. The summed E-state index contributed by atoms with van der Waals surface area (Å²) in [5.41, 5.74) is 3.25. The van der Waals surface area contributed by atoms with Gasteiger partial charge in [0.1, 0.15) is 10.7 Å². The average Bonchev–Trinajstić information content (AvgIpc) is 3.23. The number of carbonyl (C=O) groups excluding carboxylic acids is 1. The van der Waals surface area contributed by atoms with Gasteiger partial charge >= 0.3 is 0 Å². The van der Waals surface area contributed by atoms with E-state index in [-0.39, 0.29) is 11.5 Å². The van der Waals surface area contributed by atoms with Gasteiger partial charge in [0.05, 0.1) is 21.0 Å². The fourth-order valence-electron chi connectivity index (χ4n) is 4.07. The van der Waals surface area contributed by atoms with Crippen LogP contribution in [0, 0.1) is 13.8 Å². The molecule has 8 heteroatoms. The summed E-state index contributed by atoms with van der Waals surface area (Å²) in [7, 11) is 0. The molecule has 0 aliphatic carbocycles. The van der Waals surface area contributed by atoms with Crippen molar-refractivity contribution in [3.05, 3.63) is 61.3 Å². The zero-order chi connectivity index (χ0) is 21.5. The van der Waals surface area contributed by atoms with Crippen molar-refractivity contribution >= 4 is 44.5 Å². The minimum Gasteiger partial charge on any atom is -0.321 e. The Morgan fingerprint density at radius 1 is 1.16 bits per heavy atom. The monoisotopic (exact) mass is 450 g/mol. The molecule has 0 saturated carbocycles. The zero-order valence-electron chi connectivity index (χ0n) is 17.4. The molecule has 1 aliphatic heterocycles. The van der Waals surface area contributed by atoms with Crippen LogP contribution in [0.15, 0.2) is 34.4 Å². The van der Waals surface area contributed by atoms with Crippen molar-refractivity contribution in [2.45, 2.75) is 46.1 Å². The van der Waals surface area contributed by atoms with E-state index in [4.69, 9.17) is 4.98 Å². The summed E-state index contributed by atoms with van der Waals surface area (Å²) in [4.78, 5) is 36.7. The summed E-state index contributed by atoms with van der Waals surface area (Å²) in [5.74, 6) is 0.626. The van der Waals surface area contributed by atoms with Gasteiger partial charge in [-0.2, -0.15) is 0 Å². The van der Waals surface area contributed by atoms with Crippen molar-refractivity contribution < 1.29 is 4.79 Å². The van der Waals surface area contributed by atoms with Crippen molar-refractivity contribution in [3.63, 3.8) is 0 Å². The highest BCUT2D eigenvalue weighted by atomic mass is 32.1. The SMILES string of the molecule is Cc1nc(-c2cccc(NC(=O)c3sc4nc5n(c(=O)c4c3C)CCCCC5)c2)cs1. The van der Waals surface area contributed by atoms with Gasteiger partial charge < -0.3 is 5.32 Å². The predicted octanol–water partition coefficient (Wildman–Crippen LogP) is 5.18. The Balaban J connectivity index is 1.49. The van der Waals surface area contributed by atoms with Crippen LogP contribution in [0.1, 0.15) is 45.3 Å². The molecule has 0 saturated heterocycles. The van der Waals surface area contributed by atoms with Crippen LogP contribution < -0.4 is 10.9 Å². The Hall–Kier alpha value is -2.84. The third kappa shape index (κ3) is 3.70. The summed E-state index contributed by atoms with van der Waals surface area (Å²) in [6.45, 7) is 4.52. The molecule has 0 spiro atoms. The molecule has 6 nitrogen and oxygen atoms in total. The van der Waals surface area contributed by atoms with E-state index in [2.05, 4.69) is 10.3 Å². The fraction of sp³-hybridized carbons (Fsp3) is 0.304. The van der Waals surface area contributed by atoms with Crippen LogP contribution in [0.25, 0.3) is 21.5 Å². The number of thiazole rings is 1. The first-order valence-electron chi connectivity index (χ1n) is 10.4. The molecule has 0 radical (unpaired) electrons. The van der Waals surface area contributed by atoms with Crippen molar-refractivity contribution in [1.29, 1.82) is 0 Å². The van der Waals surface area contributed by atoms with Crippen molar-refractivity contribution in [2.75, 3.05) is 5.32 Å². The minimum atomic E-state index is -0.216. The topological polar surface area (TPSA) is 76.9 Å². The molecule has 0 atom stereocenters. The first-order chi connectivity index (χ1) is 15.0. The predicted molar refractivity (Wildman–Crippen MR) is 126 cm³/mol. The van der Waals surface area contributed by atoms with Crippen molar-refractivity contribution in [3.8, 4) is 11.3 Å². The third-order valence-electron chi connectivity index (χ3n) is 5.65. The molecule has 0 unspecified atom stereocenters. The maximum Gasteiger partial charge on any atom is 0.266 e. The van der Waals surface area contributed by atoms with Crippen LogP contribution in [0.2, 0.25) is 0 Å². The Kier molecular flexibility index (Phi) is 5.19. The molecular formula is C23H22N4O2S2. The number of hydrogen-bond donors (Lipinski definition) is 1. The van der Waals surface area contributed by atoms with Gasteiger partial charge in [0.25, 0.3) is 11.5 Å². The summed E-state index contributed by atoms with van der Waals surface area (Å²) < 4.78 is 1.80. The van der Waals surface area contributed by atoms with E-state index in [1.807, 2.05) is 43.5 Å². The van der Waals surface area contributed by atoms with Gasteiger partial charge in [0.2, 0.25) is 0 Å².